The Hall–Kier alpha value is -2.84. The number of hydroxylamine groups is 2. The maximum absolute atomic E-state index is 13.3. The molecule has 0 unspecified atom stereocenters. The summed E-state index contributed by atoms with van der Waals surface area (Å²) in [6.45, 7) is 2.83. The van der Waals surface area contributed by atoms with Crippen molar-refractivity contribution in [1.82, 2.24) is 25.2 Å². The first-order valence-corrected chi connectivity index (χ1v) is 9.49. The standard InChI is InChI=1S/C20H20FN5O2/c21-15-5-6-16-19(13-15)28-23-20(16)14-7-9-25(10-8-14)27-12-11-26-18-4-2-1-3-17(18)22-24-26/h1-6,13-14H,7-12H2. The first-order chi connectivity index (χ1) is 13.8. The SMILES string of the molecule is Fc1ccc2c(C3CCN(OCCn4nnc5ccccc54)CC3)noc2c1. The molecule has 0 saturated carbocycles. The molecule has 1 aliphatic heterocycles. The first-order valence-electron chi connectivity index (χ1n) is 9.49. The molecule has 2 aromatic carbocycles. The van der Waals surface area contributed by atoms with Crippen LogP contribution in [0.5, 0.6) is 0 Å². The molecule has 7 nitrogen and oxygen atoms in total. The Morgan fingerprint density at radius 1 is 1.14 bits per heavy atom. The number of nitrogens with zero attached hydrogens (tertiary/aromatic N) is 5. The molecule has 0 spiro atoms. The van der Waals surface area contributed by atoms with Crippen LogP contribution in [0.1, 0.15) is 24.5 Å². The van der Waals surface area contributed by atoms with Crippen molar-refractivity contribution in [3.8, 4) is 0 Å². The van der Waals surface area contributed by atoms with Gasteiger partial charge in [-0.2, -0.15) is 5.06 Å². The molecule has 0 radical (unpaired) electrons. The van der Waals surface area contributed by atoms with E-state index in [0.29, 0.717) is 24.7 Å². The molecule has 3 heterocycles. The lowest BCUT2D eigenvalue weighted by atomic mass is 9.92. The lowest BCUT2D eigenvalue weighted by molar-refractivity contribution is -0.172. The number of hydrogen-bond donors (Lipinski definition) is 0. The van der Waals surface area contributed by atoms with Crippen LogP contribution in [-0.2, 0) is 11.4 Å². The summed E-state index contributed by atoms with van der Waals surface area (Å²) < 4.78 is 20.5. The lowest BCUT2D eigenvalue weighted by Gasteiger charge is -2.30. The minimum absolute atomic E-state index is 0.297. The molecule has 4 aromatic rings. The number of hydrogen-bond acceptors (Lipinski definition) is 6. The molecular weight excluding hydrogens is 361 g/mol. The predicted octanol–water partition coefficient (Wildman–Crippen LogP) is 3.52. The second kappa shape index (κ2) is 7.29. The summed E-state index contributed by atoms with van der Waals surface area (Å²) in [5.74, 6) is -0.00981. The zero-order chi connectivity index (χ0) is 18.9. The Morgan fingerprint density at radius 3 is 2.89 bits per heavy atom. The fourth-order valence-corrected chi connectivity index (χ4v) is 3.82. The molecule has 0 N–H and O–H groups in total. The highest BCUT2D eigenvalue weighted by atomic mass is 19.1. The zero-order valence-electron chi connectivity index (χ0n) is 15.3. The normalized spacial score (nSPS) is 16.3. The van der Waals surface area contributed by atoms with Gasteiger partial charge in [0.1, 0.15) is 11.3 Å². The highest BCUT2D eigenvalue weighted by Gasteiger charge is 2.25. The van der Waals surface area contributed by atoms with Gasteiger partial charge in [0.2, 0.25) is 0 Å². The van der Waals surface area contributed by atoms with Crippen molar-refractivity contribution in [2.75, 3.05) is 19.7 Å². The summed E-state index contributed by atoms with van der Waals surface area (Å²) in [4.78, 5) is 5.93. The maximum Gasteiger partial charge on any atom is 0.170 e. The number of halogens is 1. The van der Waals surface area contributed by atoms with Gasteiger partial charge in [-0.05, 0) is 37.1 Å². The van der Waals surface area contributed by atoms with Crippen LogP contribution in [0.3, 0.4) is 0 Å². The van der Waals surface area contributed by atoms with E-state index < -0.39 is 0 Å². The molecule has 1 aliphatic rings. The number of aromatic nitrogens is 4. The van der Waals surface area contributed by atoms with Crippen molar-refractivity contribution in [2.45, 2.75) is 25.3 Å². The molecular formula is C20H20FN5O2. The molecule has 0 aliphatic carbocycles. The Balaban J connectivity index is 1.16. The van der Waals surface area contributed by atoms with E-state index in [1.165, 1.54) is 12.1 Å². The minimum atomic E-state index is -0.307. The minimum Gasteiger partial charge on any atom is -0.356 e. The van der Waals surface area contributed by atoms with Gasteiger partial charge in [0.05, 0.1) is 24.4 Å². The smallest absolute Gasteiger partial charge is 0.170 e. The largest absolute Gasteiger partial charge is 0.356 e. The quantitative estimate of drug-likeness (QED) is 0.527. The van der Waals surface area contributed by atoms with Gasteiger partial charge in [0.15, 0.2) is 5.58 Å². The molecule has 5 rings (SSSR count). The second-order valence-electron chi connectivity index (χ2n) is 7.05. The van der Waals surface area contributed by atoms with E-state index in [0.717, 1.165) is 48.0 Å². The van der Waals surface area contributed by atoms with Crippen LogP contribution < -0.4 is 0 Å². The van der Waals surface area contributed by atoms with Crippen molar-refractivity contribution in [3.05, 3.63) is 54.0 Å². The highest BCUT2D eigenvalue weighted by Crippen LogP contribution is 2.32. The van der Waals surface area contributed by atoms with Crippen molar-refractivity contribution < 1.29 is 13.8 Å². The summed E-state index contributed by atoms with van der Waals surface area (Å²) in [6, 6.07) is 12.5. The fraction of sp³-hybridized carbons (Fsp3) is 0.350. The molecule has 28 heavy (non-hydrogen) atoms. The van der Waals surface area contributed by atoms with Crippen molar-refractivity contribution >= 4 is 22.0 Å². The average Bonchev–Trinajstić information content (AvgIpc) is 3.33. The maximum atomic E-state index is 13.3. The molecule has 0 atom stereocenters. The first kappa shape index (κ1) is 17.3. The summed E-state index contributed by atoms with van der Waals surface area (Å²) in [6.07, 6.45) is 1.84. The van der Waals surface area contributed by atoms with Gasteiger partial charge in [-0.1, -0.05) is 22.5 Å². The Bertz CT molecular complexity index is 1100. The molecule has 8 heteroatoms. The second-order valence-corrected chi connectivity index (χ2v) is 7.05. The highest BCUT2D eigenvalue weighted by molar-refractivity contribution is 5.80. The topological polar surface area (TPSA) is 69.2 Å². The van der Waals surface area contributed by atoms with E-state index in [2.05, 4.69) is 15.5 Å². The van der Waals surface area contributed by atoms with Crippen LogP contribution in [0.15, 0.2) is 47.0 Å². The third kappa shape index (κ3) is 3.25. The van der Waals surface area contributed by atoms with Gasteiger partial charge < -0.3 is 4.52 Å². The molecule has 1 saturated heterocycles. The van der Waals surface area contributed by atoms with Gasteiger partial charge in [0, 0.05) is 30.5 Å². The Morgan fingerprint density at radius 2 is 2.00 bits per heavy atom. The van der Waals surface area contributed by atoms with Crippen LogP contribution in [0.2, 0.25) is 0 Å². The summed E-state index contributed by atoms with van der Waals surface area (Å²) in [5.41, 5.74) is 3.33. The van der Waals surface area contributed by atoms with Crippen molar-refractivity contribution in [1.29, 1.82) is 0 Å². The lowest BCUT2D eigenvalue weighted by Crippen LogP contribution is -2.34. The monoisotopic (exact) mass is 381 g/mol. The summed E-state index contributed by atoms with van der Waals surface area (Å²) >= 11 is 0. The number of rotatable bonds is 5. The predicted molar refractivity (Wildman–Crippen MR) is 101 cm³/mol. The average molecular weight is 381 g/mol. The van der Waals surface area contributed by atoms with Gasteiger partial charge in [-0.3, -0.25) is 4.84 Å². The van der Waals surface area contributed by atoms with E-state index in [1.807, 2.05) is 34.0 Å². The molecule has 0 amide bonds. The number of para-hydroxylation sites is 1. The Labute approximate surface area is 160 Å². The number of piperidine rings is 1. The van der Waals surface area contributed by atoms with Crippen molar-refractivity contribution in [3.63, 3.8) is 0 Å². The van der Waals surface area contributed by atoms with Gasteiger partial charge >= 0.3 is 0 Å². The van der Waals surface area contributed by atoms with Crippen LogP contribution in [0, 0.1) is 5.82 Å². The van der Waals surface area contributed by atoms with Gasteiger partial charge in [-0.25, -0.2) is 9.07 Å². The molecule has 1 fully saturated rings. The van der Waals surface area contributed by atoms with Crippen molar-refractivity contribution in [2.24, 2.45) is 0 Å². The van der Waals surface area contributed by atoms with E-state index >= 15 is 0 Å². The van der Waals surface area contributed by atoms with E-state index in [9.17, 15) is 4.39 Å². The van der Waals surface area contributed by atoms with Crippen LogP contribution in [0.4, 0.5) is 4.39 Å². The van der Waals surface area contributed by atoms with E-state index in [-0.39, 0.29) is 5.82 Å². The molecule has 0 bridgehead atoms. The summed E-state index contributed by atoms with van der Waals surface area (Å²) in [5, 5.41) is 15.4. The zero-order valence-corrected chi connectivity index (χ0v) is 15.3. The molecule has 2 aromatic heterocycles. The fourth-order valence-electron chi connectivity index (χ4n) is 3.82. The van der Waals surface area contributed by atoms with E-state index in [1.54, 1.807) is 6.07 Å². The molecule has 144 valence electrons. The van der Waals surface area contributed by atoms with E-state index in [4.69, 9.17) is 9.36 Å². The third-order valence-corrected chi connectivity index (χ3v) is 5.30. The van der Waals surface area contributed by atoms with Crippen LogP contribution in [0.25, 0.3) is 22.0 Å². The number of fused-ring (bicyclic) bond motifs is 2. The number of benzene rings is 2. The van der Waals surface area contributed by atoms with Gasteiger partial charge in [0.25, 0.3) is 0 Å². The third-order valence-electron chi connectivity index (χ3n) is 5.30. The van der Waals surface area contributed by atoms with Crippen LogP contribution in [-0.4, -0.2) is 44.9 Å². The van der Waals surface area contributed by atoms with Crippen LogP contribution >= 0.6 is 0 Å². The van der Waals surface area contributed by atoms with Gasteiger partial charge in [-0.15, -0.1) is 5.10 Å². The Kier molecular flexibility index (Phi) is 4.50. The summed E-state index contributed by atoms with van der Waals surface area (Å²) in [7, 11) is 0.